The predicted molar refractivity (Wildman–Crippen MR) is 119 cm³/mol. The van der Waals surface area contributed by atoms with Gasteiger partial charge in [-0.2, -0.15) is 9.41 Å². The minimum absolute atomic E-state index is 0.0206. The molecule has 1 aromatic heterocycles. The number of hydrazone groups is 1. The first kappa shape index (κ1) is 22.7. The van der Waals surface area contributed by atoms with Gasteiger partial charge in [-0.25, -0.2) is 13.8 Å². The molecule has 1 N–H and O–H groups in total. The molecule has 3 aromatic rings. The Kier molecular flexibility index (Phi) is 7.27. The van der Waals surface area contributed by atoms with Crippen LogP contribution in [0.4, 0.5) is 0 Å². The number of hydrogen-bond donors (Lipinski definition) is 1. The van der Waals surface area contributed by atoms with Crippen molar-refractivity contribution in [3.05, 3.63) is 88.3 Å². The summed E-state index contributed by atoms with van der Waals surface area (Å²) in [6.45, 7) is 3.50. The van der Waals surface area contributed by atoms with Crippen LogP contribution >= 0.6 is 11.6 Å². The van der Waals surface area contributed by atoms with Crippen LogP contribution in [0.2, 0.25) is 5.02 Å². The van der Waals surface area contributed by atoms with E-state index in [1.807, 2.05) is 31.2 Å². The Morgan fingerprint density at radius 1 is 1.06 bits per heavy atom. The van der Waals surface area contributed by atoms with Gasteiger partial charge >= 0.3 is 0 Å². The van der Waals surface area contributed by atoms with Gasteiger partial charge in [0.1, 0.15) is 11.5 Å². The Balaban J connectivity index is 1.88. The van der Waals surface area contributed by atoms with Crippen LogP contribution in [0, 0.1) is 6.92 Å². The van der Waals surface area contributed by atoms with Crippen molar-refractivity contribution in [2.75, 3.05) is 0 Å². The van der Waals surface area contributed by atoms with E-state index in [1.54, 1.807) is 24.3 Å². The van der Waals surface area contributed by atoms with Crippen LogP contribution in [0.5, 0.6) is 0 Å². The molecule has 0 spiro atoms. The number of hydrogen-bond acceptors (Lipinski definition) is 5. The number of halogens is 1. The average Bonchev–Trinajstić information content (AvgIpc) is 3.16. The highest BCUT2D eigenvalue weighted by molar-refractivity contribution is 7.89. The summed E-state index contributed by atoms with van der Waals surface area (Å²) in [4.78, 5) is 11.0. The van der Waals surface area contributed by atoms with Gasteiger partial charge in [0.05, 0.1) is 17.7 Å². The highest BCUT2D eigenvalue weighted by Gasteiger charge is 2.26. The zero-order chi connectivity index (χ0) is 22.4. The number of furan rings is 1. The van der Waals surface area contributed by atoms with Crippen molar-refractivity contribution >= 4 is 33.7 Å². The number of carbonyl (C=O) groups excluding carboxylic acids is 1. The minimum Gasteiger partial charge on any atom is -0.459 e. The molecule has 0 saturated heterocycles. The summed E-state index contributed by atoms with van der Waals surface area (Å²) >= 11 is 5.92. The maximum Gasteiger partial charge on any atom is 0.243 e. The highest BCUT2D eigenvalue weighted by Crippen LogP contribution is 2.23. The number of sulfonamides is 1. The maximum atomic E-state index is 13.3. The van der Waals surface area contributed by atoms with Crippen molar-refractivity contribution in [3.8, 4) is 0 Å². The molecule has 0 fully saturated rings. The highest BCUT2D eigenvalue weighted by atomic mass is 35.5. The number of carbonyl (C=O) groups is 1. The number of rotatable bonds is 8. The third kappa shape index (κ3) is 6.27. The number of aryl methyl sites for hydroxylation is 1. The smallest absolute Gasteiger partial charge is 0.243 e. The summed E-state index contributed by atoms with van der Waals surface area (Å²) in [5.41, 5.74) is 4.22. The molecule has 0 bridgehead atoms. The summed E-state index contributed by atoms with van der Waals surface area (Å²) in [6, 6.07) is 17.0. The molecular formula is C22H22ClN3O4S. The van der Waals surface area contributed by atoms with Crippen molar-refractivity contribution in [1.29, 1.82) is 0 Å². The van der Waals surface area contributed by atoms with Crippen LogP contribution in [0.15, 0.2) is 75.1 Å². The molecule has 7 nitrogen and oxygen atoms in total. The Morgan fingerprint density at radius 2 is 1.74 bits per heavy atom. The van der Waals surface area contributed by atoms with Gasteiger partial charge < -0.3 is 4.42 Å². The largest absolute Gasteiger partial charge is 0.459 e. The van der Waals surface area contributed by atoms with Gasteiger partial charge in [0.2, 0.25) is 15.9 Å². The molecule has 0 atom stereocenters. The fourth-order valence-corrected chi connectivity index (χ4v) is 4.31. The van der Waals surface area contributed by atoms with E-state index in [-0.39, 0.29) is 23.9 Å². The summed E-state index contributed by atoms with van der Waals surface area (Å²) < 4.78 is 33.7. The van der Waals surface area contributed by atoms with Crippen molar-refractivity contribution in [2.24, 2.45) is 5.10 Å². The number of amides is 1. The molecule has 0 aliphatic heterocycles. The lowest BCUT2D eigenvalue weighted by Crippen LogP contribution is -2.30. The minimum atomic E-state index is -3.82. The summed E-state index contributed by atoms with van der Waals surface area (Å²) in [7, 11) is -3.82. The number of benzene rings is 2. The van der Waals surface area contributed by atoms with Crippen LogP contribution in [-0.4, -0.2) is 24.8 Å². The summed E-state index contributed by atoms with van der Waals surface area (Å²) in [5.74, 6) is 0.526. The molecule has 0 unspecified atom stereocenters. The molecule has 0 aliphatic carbocycles. The fourth-order valence-electron chi connectivity index (χ4n) is 2.79. The molecular weight excluding hydrogens is 438 g/mol. The fraction of sp³-hybridized carbons (Fsp3) is 0.182. The van der Waals surface area contributed by atoms with E-state index in [4.69, 9.17) is 16.0 Å². The molecule has 0 aliphatic rings. The number of nitrogens with one attached hydrogen (secondary N) is 1. The second-order valence-electron chi connectivity index (χ2n) is 6.94. The van der Waals surface area contributed by atoms with Crippen molar-refractivity contribution < 1.29 is 17.6 Å². The first-order valence-electron chi connectivity index (χ1n) is 9.43. The van der Waals surface area contributed by atoms with E-state index < -0.39 is 10.0 Å². The first-order valence-corrected chi connectivity index (χ1v) is 11.3. The Bertz CT molecular complexity index is 1170. The second-order valence-corrected chi connectivity index (χ2v) is 9.32. The van der Waals surface area contributed by atoms with Gasteiger partial charge in [-0.15, -0.1) is 0 Å². The molecule has 3 rings (SSSR count). The van der Waals surface area contributed by atoms with Gasteiger partial charge in [-0.3, -0.25) is 4.79 Å². The average molecular weight is 460 g/mol. The lowest BCUT2D eigenvalue weighted by Gasteiger charge is -2.21. The second kappa shape index (κ2) is 9.91. The molecule has 0 saturated carbocycles. The van der Waals surface area contributed by atoms with E-state index in [9.17, 15) is 13.2 Å². The number of nitrogens with zero attached hydrogens (tertiary/aromatic N) is 2. The molecule has 1 amide bonds. The van der Waals surface area contributed by atoms with Crippen molar-refractivity contribution in [3.63, 3.8) is 0 Å². The third-order valence-electron chi connectivity index (χ3n) is 4.36. The van der Waals surface area contributed by atoms with Crippen LogP contribution < -0.4 is 5.43 Å². The van der Waals surface area contributed by atoms with Crippen LogP contribution in [0.3, 0.4) is 0 Å². The summed E-state index contributed by atoms with van der Waals surface area (Å²) in [5, 5.41) is 4.21. The van der Waals surface area contributed by atoms with E-state index in [0.717, 1.165) is 11.1 Å². The zero-order valence-corrected chi connectivity index (χ0v) is 18.7. The van der Waals surface area contributed by atoms with Gasteiger partial charge in [0.15, 0.2) is 0 Å². The Morgan fingerprint density at radius 3 is 2.39 bits per heavy atom. The lowest BCUT2D eigenvalue weighted by atomic mass is 10.1. The monoisotopic (exact) mass is 459 g/mol. The quantitative estimate of drug-likeness (QED) is 0.405. The first-order chi connectivity index (χ1) is 14.7. The Labute approximate surface area is 186 Å². The molecule has 9 heteroatoms. The van der Waals surface area contributed by atoms with Gasteiger partial charge in [0.25, 0.3) is 0 Å². The molecule has 0 radical (unpaired) electrons. The molecule has 2 aromatic carbocycles. The van der Waals surface area contributed by atoms with Gasteiger partial charge in [-0.1, -0.05) is 41.4 Å². The van der Waals surface area contributed by atoms with Crippen LogP contribution in [0.1, 0.15) is 29.6 Å². The van der Waals surface area contributed by atoms with Gasteiger partial charge in [-0.05, 0) is 48.9 Å². The van der Waals surface area contributed by atoms with Crippen molar-refractivity contribution in [1.82, 2.24) is 9.73 Å². The standard InChI is InChI=1S/C22H22ClN3O4S/c1-16-3-5-18(6-4-16)14-26(31(28,29)22-11-7-19(23)8-12-22)15-21-10-9-20(30-21)13-24-25-17(2)27/h3-13H,14-15H2,1-2H3,(H,25,27)/b24-13-. The topological polar surface area (TPSA) is 92.0 Å². The van der Waals surface area contributed by atoms with Crippen molar-refractivity contribution in [2.45, 2.75) is 31.8 Å². The SMILES string of the molecule is CC(=O)N/N=C\c1ccc(CN(Cc2ccc(C)cc2)S(=O)(=O)c2ccc(Cl)cc2)o1. The maximum absolute atomic E-state index is 13.3. The van der Waals surface area contributed by atoms with Crippen LogP contribution in [0.25, 0.3) is 0 Å². The molecule has 1 heterocycles. The van der Waals surface area contributed by atoms with E-state index in [2.05, 4.69) is 10.5 Å². The van der Waals surface area contributed by atoms with E-state index in [0.29, 0.717) is 16.5 Å². The van der Waals surface area contributed by atoms with E-state index >= 15 is 0 Å². The summed E-state index contributed by atoms with van der Waals surface area (Å²) in [6.07, 6.45) is 1.35. The molecule has 162 valence electrons. The van der Waals surface area contributed by atoms with Gasteiger partial charge in [0, 0.05) is 18.5 Å². The van der Waals surface area contributed by atoms with Crippen LogP contribution in [-0.2, 0) is 27.9 Å². The van der Waals surface area contributed by atoms with E-state index in [1.165, 1.54) is 29.6 Å². The predicted octanol–water partition coefficient (Wildman–Crippen LogP) is 4.10. The zero-order valence-electron chi connectivity index (χ0n) is 17.1. The lowest BCUT2D eigenvalue weighted by molar-refractivity contribution is -0.118. The Hall–Kier alpha value is -2.94. The third-order valence-corrected chi connectivity index (χ3v) is 6.42. The normalized spacial score (nSPS) is 11.9. The molecule has 31 heavy (non-hydrogen) atoms.